The van der Waals surface area contributed by atoms with E-state index in [1.165, 1.54) is 19.2 Å². The minimum absolute atomic E-state index is 0.143. The fraction of sp³-hybridized carbons (Fsp3) is 0.500. The van der Waals surface area contributed by atoms with Crippen LogP contribution in [0.1, 0.15) is 20.3 Å². The normalized spacial score (nSPS) is 13.2. The SMILES string of the molecule is CNS(=O)(=O)c1ccc(NC(=O)C(CN)CC(C)C)cc1. The summed E-state index contributed by atoms with van der Waals surface area (Å²) >= 11 is 0. The highest BCUT2D eigenvalue weighted by molar-refractivity contribution is 7.89. The van der Waals surface area contributed by atoms with Gasteiger partial charge in [0.15, 0.2) is 0 Å². The van der Waals surface area contributed by atoms with Crippen molar-refractivity contribution in [2.75, 3.05) is 18.9 Å². The summed E-state index contributed by atoms with van der Waals surface area (Å²) in [5, 5.41) is 2.76. The molecule has 0 saturated carbocycles. The molecule has 0 aromatic heterocycles. The van der Waals surface area contributed by atoms with Crippen LogP contribution in [0.2, 0.25) is 0 Å². The summed E-state index contributed by atoms with van der Waals surface area (Å²) in [4.78, 5) is 12.2. The van der Waals surface area contributed by atoms with Crippen LogP contribution in [0.25, 0.3) is 0 Å². The summed E-state index contributed by atoms with van der Waals surface area (Å²) in [6, 6.07) is 6.01. The van der Waals surface area contributed by atoms with E-state index in [0.717, 1.165) is 0 Å². The van der Waals surface area contributed by atoms with Gasteiger partial charge in [0.2, 0.25) is 15.9 Å². The third-order valence-electron chi connectivity index (χ3n) is 3.11. The summed E-state index contributed by atoms with van der Waals surface area (Å²) < 4.78 is 25.4. The molecule has 1 aromatic rings. The molecule has 0 spiro atoms. The van der Waals surface area contributed by atoms with Gasteiger partial charge in [0, 0.05) is 12.2 Å². The molecule has 0 aliphatic rings. The van der Waals surface area contributed by atoms with E-state index in [0.29, 0.717) is 18.0 Å². The smallest absolute Gasteiger partial charge is 0.240 e. The molecule has 1 amide bonds. The monoisotopic (exact) mass is 313 g/mol. The molecule has 4 N–H and O–H groups in total. The third-order valence-corrected chi connectivity index (χ3v) is 4.54. The number of hydrogen-bond acceptors (Lipinski definition) is 4. The number of sulfonamides is 1. The average molecular weight is 313 g/mol. The quantitative estimate of drug-likeness (QED) is 0.703. The lowest BCUT2D eigenvalue weighted by molar-refractivity contribution is -0.120. The van der Waals surface area contributed by atoms with Crippen LogP contribution in [0.4, 0.5) is 5.69 Å². The first-order valence-corrected chi connectivity index (χ1v) is 8.33. The molecule has 0 fully saturated rings. The highest BCUT2D eigenvalue weighted by atomic mass is 32.2. The Labute approximate surface area is 126 Å². The van der Waals surface area contributed by atoms with E-state index in [4.69, 9.17) is 5.73 Å². The van der Waals surface area contributed by atoms with Gasteiger partial charge in [-0.15, -0.1) is 0 Å². The predicted molar refractivity (Wildman–Crippen MR) is 83.3 cm³/mol. The topological polar surface area (TPSA) is 101 Å². The predicted octanol–water partition coefficient (Wildman–Crippen LogP) is 1.15. The van der Waals surface area contributed by atoms with Crippen LogP contribution in [0, 0.1) is 11.8 Å². The second-order valence-electron chi connectivity index (χ2n) is 5.28. The van der Waals surface area contributed by atoms with E-state index < -0.39 is 10.0 Å². The van der Waals surface area contributed by atoms with Gasteiger partial charge in [0.1, 0.15) is 0 Å². The zero-order valence-electron chi connectivity index (χ0n) is 12.6. The molecule has 7 heteroatoms. The maximum atomic E-state index is 12.1. The average Bonchev–Trinajstić information content (AvgIpc) is 2.45. The zero-order valence-corrected chi connectivity index (χ0v) is 13.4. The maximum Gasteiger partial charge on any atom is 0.240 e. The highest BCUT2D eigenvalue weighted by Crippen LogP contribution is 2.16. The van der Waals surface area contributed by atoms with Crippen molar-refractivity contribution < 1.29 is 13.2 Å². The Morgan fingerprint density at radius 3 is 2.24 bits per heavy atom. The third kappa shape index (κ3) is 5.11. The molecule has 1 atom stereocenters. The molecule has 1 aromatic carbocycles. The minimum Gasteiger partial charge on any atom is -0.330 e. The van der Waals surface area contributed by atoms with Crippen LogP contribution in [-0.2, 0) is 14.8 Å². The lowest BCUT2D eigenvalue weighted by atomic mass is 9.96. The molecule has 21 heavy (non-hydrogen) atoms. The number of carbonyl (C=O) groups is 1. The van der Waals surface area contributed by atoms with E-state index in [1.807, 2.05) is 13.8 Å². The molecule has 0 aliphatic heterocycles. The molecule has 0 heterocycles. The van der Waals surface area contributed by atoms with Crippen molar-refractivity contribution in [1.82, 2.24) is 4.72 Å². The lowest BCUT2D eigenvalue weighted by Crippen LogP contribution is -2.30. The second kappa shape index (κ2) is 7.53. The molecular weight excluding hydrogens is 290 g/mol. The lowest BCUT2D eigenvalue weighted by Gasteiger charge is -2.17. The van der Waals surface area contributed by atoms with Gasteiger partial charge in [-0.2, -0.15) is 0 Å². The molecule has 6 nitrogen and oxygen atoms in total. The van der Waals surface area contributed by atoms with Gasteiger partial charge in [-0.3, -0.25) is 4.79 Å². The largest absolute Gasteiger partial charge is 0.330 e. The number of hydrogen-bond donors (Lipinski definition) is 3. The van der Waals surface area contributed by atoms with Crippen LogP contribution in [0.5, 0.6) is 0 Å². The van der Waals surface area contributed by atoms with Crippen molar-refractivity contribution in [3.63, 3.8) is 0 Å². The number of benzene rings is 1. The molecule has 1 unspecified atom stereocenters. The summed E-state index contributed by atoms with van der Waals surface area (Å²) in [5.74, 6) is -0.00594. The van der Waals surface area contributed by atoms with Crippen molar-refractivity contribution in [3.05, 3.63) is 24.3 Å². The highest BCUT2D eigenvalue weighted by Gasteiger charge is 2.18. The van der Waals surface area contributed by atoms with Crippen molar-refractivity contribution in [1.29, 1.82) is 0 Å². The molecular formula is C14H23N3O3S. The van der Waals surface area contributed by atoms with Gasteiger partial charge in [-0.05, 0) is 43.7 Å². The first-order valence-electron chi connectivity index (χ1n) is 6.84. The molecule has 0 saturated heterocycles. The molecule has 0 radical (unpaired) electrons. The van der Waals surface area contributed by atoms with Crippen LogP contribution in [0.15, 0.2) is 29.2 Å². The molecule has 1 rings (SSSR count). The van der Waals surface area contributed by atoms with Crippen LogP contribution < -0.4 is 15.8 Å². The van der Waals surface area contributed by atoms with E-state index in [1.54, 1.807) is 12.1 Å². The number of nitrogens with one attached hydrogen (secondary N) is 2. The summed E-state index contributed by atoms with van der Waals surface area (Å²) in [7, 11) is -2.11. The minimum atomic E-state index is -3.46. The first-order chi connectivity index (χ1) is 9.80. The van der Waals surface area contributed by atoms with Gasteiger partial charge in [0.05, 0.1) is 10.8 Å². The van der Waals surface area contributed by atoms with Gasteiger partial charge < -0.3 is 11.1 Å². The Bertz CT molecular complexity index is 568. The maximum absolute atomic E-state index is 12.1. The number of rotatable bonds is 7. The Balaban J connectivity index is 2.78. The van der Waals surface area contributed by atoms with E-state index in [-0.39, 0.29) is 23.3 Å². The molecule has 0 aliphatic carbocycles. The fourth-order valence-corrected chi connectivity index (χ4v) is 2.69. The number of amides is 1. The van der Waals surface area contributed by atoms with Gasteiger partial charge in [0.25, 0.3) is 0 Å². The number of anilines is 1. The molecule has 0 bridgehead atoms. The standard InChI is InChI=1S/C14H23N3O3S/c1-10(2)8-11(9-15)14(18)17-12-4-6-13(7-5-12)21(19,20)16-3/h4-7,10-11,16H,8-9,15H2,1-3H3,(H,17,18). The van der Waals surface area contributed by atoms with E-state index in [9.17, 15) is 13.2 Å². The summed E-state index contributed by atoms with van der Waals surface area (Å²) in [5.41, 5.74) is 6.18. The van der Waals surface area contributed by atoms with Crippen molar-refractivity contribution in [2.45, 2.75) is 25.2 Å². The second-order valence-corrected chi connectivity index (χ2v) is 7.17. The first kappa shape index (κ1) is 17.6. The Morgan fingerprint density at radius 2 is 1.81 bits per heavy atom. The van der Waals surface area contributed by atoms with Crippen molar-refractivity contribution in [3.8, 4) is 0 Å². The summed E-state index contributed by atoms with van der Waals surface area (Å²) in [6.07, 6.45) is 0.717. The van der Waals surface area contributed by atoms with Gasteiger partial charge in [-0.25, -0.2) is 13.1 Å². The number of carbonyl (C=O) groups excluding carboxylic acids is 1. The Morgan fingerprint density at radius 1 is 1.24 bits per heavy atom. The number of nitrogens with two attached hydrogens (primary N) is 1. The van der Waals surface area contributed by atoms with E-state index in [2.05, 4.69) is 10.0 Å². The van der Waals surface area contributed by atoms with Crippen LogP contribution in [0.3, 0.4) is 0 Å². The Hall–Kier alpha value is -1.44. The molecule has 118 valence electrons. The van der Waals surface area contributed by atoms with Gasteiger partial charge in [-0.1, -0.05) is 13.8 Å². The van der Waals surface area contributed by atoms with Crippen molar-refractivity contribution >= 4 is 21.6 Å². The van der Waals surface area contributed by atoms with E-state index >= 15 is 0 Å². The Kier molecular flexibility index (Phi) is 6.32. The van der Waals surface area contributed by atoms with Crippen LogP contribution >= 0.6 is 0 Å². The van der Waals surface area contributed by atoms with Gasteiger partial charge >= 0.3 is 0 Å². The fourth-order valence-electron chi connectivity index (χ4n) is 1.96. The summed E-state index contributed by atoms with van der Waals surface area (Å²) in [6.45, 7) is 4.36. The van der Waals surface area contributed by atoms with Crippen LogP contribution in [-0.4, -0.2) is 27.9 Å². The zero-order chi connectivity index (χ0) is 16.0. The van der Waals surface area contributed by atoms with Crippen molar-refractivity contribution in [2.24, 2.45) is 17.6 Å².